The van der Waals surface area contributed by atoms with Gasteiger partial charge in [-0.05, 0) is 54.6 Å². The number of aromatic nitrogens is 1. The molecule has 34 heavy (non-hydrogen) atoms. The molecular weight excluding hydrogens is 476 g/mol. The highest BCUT2D eigenvalue weighted by atomic mass is 32.1. The van der Waals surface area contributed by atoms with E-state index in [0.29, 0.717) is 26.4 Å². The van der Waals surface area contributed by atoms with E-state index >= 15 is 0 Å². The number of ether oxygens (including phenoxy) is 2. The van der Waals surface area contributed by atoms with E-state index in [1.54, 1.807) is 29.9 Å². The summed E-state index contributed by atoms with van der Waals surface area (Å²) >= 11 is 2.91. The number of thiazole rings is 1. The van der Waals surface area contributed by atoms with Gasteiger partial charge in [0.05, 0.1) is 36.1 Å². The number of carboxylic acids is 1. The second kappa shape index (κ2) is 10.6. The van der Waals surface area contributed by atoms with Crippen molar-refractivity contribution >= 4 is 40.7 Å². The summed E-state index contributed by atoms with van der Waals surface area (Å²) in [5, 5.41) is 9.41. The molecule has 0 saturated heterocycles. The molecule has 0 spiro atoms. The van der Waals surface area contributed by atoms with E-state index in [0.717, 1.165) is 22.9 Å². The Morgan fingerprint density at radius 2 is 1.79 bits per heavy atom. The van der Waals surface area contributed by atoms with Crippen LogP contribution in [0.3, 0.4) is 0 Å². The summed E-state index contributed by atoms with van der Waals surface area (Å²) in [6, 6.07) is 8.73. The van der Waals surface area contributed by atoms with E-state index in [1.165, 1.54) is 18.4 Å². The van der Waals surface area contributed by atoms with Crippen LogP contribution in [0.15, 0.2) is 56.8 Å². The van der Waals surface area contributed by atoms with Crippen LogP contribution in [0.25, 0.3) is 6.08 Å². The third kappa shape index (κ3) is 5.18. The summed E-state index contributed by atoms with van der Waals surface area (Å²) < 4.78 is 12.4. The highest BCUT2D eigenvalue weighted by Gasteiger charge is 2.33. The predicted octanol–water partition coefficient (Wildman–Crippen LogP) is 2.88. The second-order valence-electron chi connectivity index (χ2n) is 7.33. The predicted molar refractivity (Wildman–Crippen MR) is 131 cm³/mol. The zero-order valence-electron chi connectivity index (χ0n) is 19.3. The molecule has 3 aromatic rings. The maximum Gasteiger partial charge on any atom is 0.338 e. The third-order valence-corrected chi connectivity index (χ3v) is 6.97. The Kier molecular flexibility index (Phi) is 7.85. The molecule has 8 nitrogen and oxygen atoms in total. The molecule has 2 aromatic heterocycles. The van der Waals surface area contributed by atoms with Gasteiger partial charge in [-0.1, -0.05) is 23.5 Å². The Morgan fingerprint density at radius 3 is 2.32 bits per heavy atom. The van der Waals surface area contributed by atoms with Crippen LogP contribution in [0.1, 0.15) is 35.9 Å². The highest BCUT2D eigenvalue weighted by Crippen LogP contribution is 2.31. The molecule has 1 N–H and O–H groups in total. The van der Waals surface area contributed by atoms with Crippen LogP contribution in [-0.4, -0.2) is 35.8 Å². The molecule has 10 heteroatoms. The lowest BCUT2D eigenvalue weighted by molar-refractivity contribution is -0.137. The molecule has 0 amide bonds. The van der Waals surface area contributed by atoms with Crippen molar-refractivity contribution in [2.45, 2.75) is 26.8 Å². The Bertz CT molecular complexity index is 1420. The Hall–Kier alpha value is -3.50. The minimum atomic E-state index is -0.833. The number of rotatable bonds is 4. The average molecular weight is 501 g/mol. The third-order valence-electron chi connectivity index (χ3n) is 5.02. The van der Waals surface area contributed by atoms with Gasteiger partial charge < -0.3 is 14.6 Å². The molecule has 178 valence electrons. The summed E-state index contributed by atoms with van der Waals surface area (Å²) in [6.07, 6.45) is 1.89. The van der Waals surface area contributed by atoms with Gasteiger partial charge in [0.25, 0.3) is 11.5 Å². The number of aryl methyl sites for hydroxylation is 1. The fourth-order valence-corrected chi connectivity index (χ4v) is 5.41. The second-order valence-corrected chi connectivity index (χ2v) is 9.29. The number of hydrogen-bond acceptors (Lipinski definition) is 8. The largest absolute Gasteiger partial charge is 0.497 e. The van der Waals surface area contributed by atoms with Crippen molar-refractivity contribution in [3.8, 4) is 5.75 Å². The molecule has 1 unspecified atom stereocenters. The molecule has 0 saturated carbocycles. The molecule has 0 aliphatic carbocycles. The molecule has 1 atom stereocenters. The number of allylic oxidation sites excluding steroid dienone is 1. The van der Waals surface area contributed by atoms with Gasteiger partial charge in [0, 0.05) is 11.8 Å². The van der Waals surface area contributed by atoms with Crippen LogP contribution >= 0.6 is 22.7 Å². The van der Waals surface area contributed by atoms with Crippen molar-refractivity contribution in [3.05, 3.63) is 82.7 Å². The first-order chi connectivity index (χ1) is 16.2. The monoisotopic (exact) mass is 500 g/mol. The van der Waals surface area contributed by atoms with Crippen molar-refractivity contribution in [2.24, 2.45) is 4.99 Å². The van der Waals surface area contributed by atoms with Crippen molar-refractivity contribution in [3.63, 3.8) is 0 Å². The molecule has 0 fully saturated rings. The van der Waals surface area contributed by atoms with E-state index in [-0.39, 0.29) is 5.56 Å². The van der Waals surface area contributed by atoms with Crippen LogP contribution in [0.5, 0.6) is 5.75 Å². The Labute approximate surface area is 203 Å². The maximum absolute atomic E-state index is 13.4. The summed E-state index contributed by atoms with van der Waals surface area (Å²) in [4.78, 5) is 41.2. The number of nitrogens with zero attached hydrogens (tertiary/aromatic N) is 2. The number of hydrogen-bond donors (Lipinski definition) is 1. The number of fused-ring (bicyclic) bond motifs is 1. The van der Waals surface area contributed by atoms with Crippen molar-refractivity contribution in [1.29, 1.82) is 0 Å². The lowest BCUT2D eigenvalue weighted by atomic mass is 9.96. The first kappa shape index (κ1) is 25.1. The summed E-state index contributed by atoms with van der Waals surface area (Å²) in [7, 11) is 2.92. The lowest BCUT2D eigenvalue weighted by Crippen LogP contribution is -2.39. The fourth-order valence-electron chi connectivity index (χ4n) is 3.45. The number of benzene rings is 1. The normalized spacial score (nSPS) is 15.1. The number of carbonyl (C=O) groups excluding carboxylic acids is 1. The summed E-state index contributed by atoms with van der Waals surface area (Å²) in [5.41, 5.74) is 2.62. The Balaban J connectivity index is 0.000000751. The number of carbonyl (C=O) groups is 2. The number of esters is 1. The number of methoxy groups -OCH3 is 2. The van der Waals surface area contributed by atoms with Gasteiger partial charge in [0.2, 0.25) is 0 Å². The standard InChI is InChI=1S/C22H20N2O4S2.C2H4O2/c1-12-9-10-29-16(12)11-17-20(25)24-19(14-5-7-15(27-3)8-6-14)18(21(26)28-4)13(2)23-22(24)30-17;1-2(3)4/h5-11,19H,1-4H3;1H3,(H,3,4). The van der Waals surface area contributed by atoms with Crippen LogP contribution in [0.2, 0.25) is 0 Å². The zero-order chi connectivity index (χ0) is 25.0. The van der Waals surface area contributed by atoms with Gasteiger partial charge in [-0.2, -0.15) is 0 Å². The fraction of sp³-hybridized carbons (Fsp3) is 0.250. The zero-order valence-corrected chi connectivity index (χ0v) is 21.0. The molecule has 0 radical (unpaired) electrons. The smallest absolute Gasteiger partial charge is 0.338 e. The SMILES string of the molecule is CC(=O)O.COC(=O)C1=C(C)N=c2sc(=Cc3sccc3C)c(=O)n2C1c1ccc(OC)cc1. The van der Waals surface area contributed by atoms with E-state index in [4.69, 9.17) is 19.4 Å². The molecule has 3 heterocycles. The number of carboxylic acid groups (broad SMARTS) is 1. The van der Waals surface area contributed by atoms with Gasteiger partial charge in [-0.3, -0.25) is 14.2 Å². The van der Waals surface area contributed by atoms with Crippen LogP contribution in [0, 0.1) is 6.92 Å². The van der Waals surface area contributed by atoms with Crippen molar-refractivity contribution < 1.29 is 24.2 Å². The number of aliphatic carboxylic acids is 1. The van der Waals surface area contributed by atoms with Gasteiger partial charge in [-0.25, -0.2) is 9.79 Å². The van der Waals surface area contributed by atoms with E-state index < -0.39 is 18.0 Å². The first-order valence-corrected chi connectivity index (χ1v) is 11.9. The van der Waals surface area contributed by atoms with Crippen molar-refractivity contribution in [1.82, 2.24) is 4.57 Å². The minimum Gasteiger partial charge on any atom is -0.497 e. The molecule has 1 aromatic carbocycles. The molecule has 1 aliphatic heterocycles. The number of thiophene rings is 1. The van der Waals surface area contributed by atoms with Gasteiger partial charge in [0.15, 0.2) is 4.80 Å². The highest BCUT2D eigenvalue weighted by molar-refractivity contribution is 7.11. The van der Waals surface area contributed by atoms with Gasteiger partial charge in [0.1, 0.15) is 5.75 Å². The molecule has 1 aliphatic rings. The van der Waals surface area contributed by atoms with E-state index in [1.807, 2.05) is 48.7 Å². The average Bonchev–Trinajstić information content (AvgIpc) is 3.34. The van der Waals surface area contributed by atoms with Crippen LogP contribution < -0.4 is 19.6 Å². The summed E-state index contributed by atoms with van der Waals surface area (Å²) in [6.45, 7) is 4.86. The topological polar surface area (TPSA) is 107 Å². The summed E-state index contributed by atoms with van der Waals surface area (Å²) in [5.74, 6) is -0.639. The van der Waals surface area contributed by atoms with E-state index in [9.17, 15) is 9.59 Å². The van der Waals surface area contributed by atoms with E-state index in [2.05, 4.69) is 4.99 Å². The van der Waals surface area contributed by atoms with Crippen LogP contribution in [0.4, 0.5) is 0 Å². The molecular formula is C24H24N2O6S2. The maximum atomic E-state index is 13.4. The minimum absolute atomic E-state index is 0.179. The lowest BCUT2D eigenvalue weighted by Gasteiger charge is -2.24. The molecule has 4 rings (SSSR count). The molecule has 0 bridgehead atoms. The quantitative estimate of drug-likeness (QED) is 0.552. The van der Waals surface area contributed by atoms with Crippen molar-refractivity contribution in [2.75, 3.05) is 14.2 Å². The Morgan fingerprint density at radius 1 is 1.15 bits per heavy atom. The van der Waals surface area contributed by atoms with Crippen LogP contribution in [-0.2, 0) is 14.3 Å². The van der Waals surface area contributed by atoms with Gasteiger partial charge >= 0.3 is 5.97 Å². The first-order valence-electron chi connectivity index (χ1n) is 10.2. The van der Waals surface area contributed by atoms with Gasteiger partial charge in [-0.15, -0.1) is 11.3 Å².